The highest BCUT2D eigenvalue weighted by atomic mass is 19.4. The van der Waals surface area contributed by atoms with Crippen LogP contribution >= 0.6 is 0 Å². The number of amides is 1. The van der Waals surface area contributed by atoms with Crippen LogP contribution in [-0.4, -0.2) is 41.6 Å². The summed E-state index contributed by atoms with van der Waals surface area (Å²) in [6.45, 7) is -0.889. The molecule has 0 aromatic carbocycles. The fraction of sp³-hybridized carbons (Fsp3) is 0.875. The molecule has 0 aromatic rings. The standard InChI is InChI=1S/C8H14F3NO3/c9-8(10,11)6(14)5-12-7(15)3-1-2-4-13/h6,13-14H,1-5H2,(H,12,15). The summed E-state index contributed by atoms with van der Waals surface area (Å²) >= 11 is 0. The van der Waals surface area contributed by atoms with E-state index in [9.17, 15) is 18.0 Å². The van der Waals surface area contributed by atoms with Crippen molar-refractivity contribution in [3.05, 3.63) is 0 Å². The molecule has 0 heterocycles. The third kappa shape index (κ3) is 7.15. The first-order valence-electron chi connectivity index (χ1n) is 4.50. The first-order valence-corrected chi connectivity index (χ1v) is 4.50. The highest BCUT2D eigenvalue weighted by Gasteiger charge is 2.38. The summed E-state index contributed by atoms with van der Waals surface area (Å²) in [7, 11) is 0. The van der Waals surface area contributed by atoms with Crippen molar-refractivity contribution in [3.8, 4) is 0 Å². The molecular formula is C8H14F3NO3. The van der Waals surface area contributed by atoms with E-state index < -0.39 is 24.7 Å². The number of halogens is 3. The summed E-state index contributed by atoms with van der Waals surface area (Å²) in [6.07, 6.45) is -6.36. The van der Waals surface area contributed by atoms with Gasteiger partial charge in [-0.1, -0.05) is 0 Å². The van der Waals surface area contributed by atoms with Gasteiger partial charge in [-0.05, 0) is 12.8 Å². The Morgan fingerprint density at radius 3 is 2.40 bits per heavy atom. The number of alkyl halides is 3. The average molecular weight is 229 g/mol. The lowest BCUT2D eigenvalue weighted by Gasteiger charge is -2.14. The molecule has 0 aliphatic carbocycles. The number of hydrogen-bond acceptors (Lipinski definition) is 3. The van der Waals surface area contributed by atoms with Crippen LogP contribution in [0.15, 0.2) is 0 Å². The van der Waals surface area contributed by atoms with Crippen LogP contribution in [0.1, 0.15) is 19.3 Å². The number of carbonyl (C=O) groups excluding carboxylic acids is 1. The molecule has 1 atom stereocenters. The molecule has 7 heteroatoms. The van der Waals surface area contributed by atoms with Gasteiger partial charge in [-0.2, -0.15) is 13.2 Å². The Balaban J connectivity index is 3.62. The number of aliphatic hydroxyl groups is 2. The fourth-order valence-corrected chi connectivity index (χ4v) is 0.812. The van der Waals surface area contributed by atoms with E-state index >= 15 is 0 Å². The minimum Gasteiger partial charge on any atom is -0.396 e. The Hall–Kier alpha value is -0.820. The second kappa shape index (κ2) is 6.62. The van der Waals surface area contributed by atoms with Crippen LogP contribution in [0.4, 0.5) is 13.2 Å². The van der Waals surface area contributed by atoms with Gasteiger partial charge in [0.15, 0.2) is 6.10 Å². The second-order valence-electron chi connectivity index (χ2n) is 3.04. The van der Waals surface area contributed by atoms with Crippen molar-refractivity contribution < 1.29 is 28.2 Å². The van der Waals surface area contributed by atoms with Gasteiger partial charge >= 0.3 is 6.18 Å². The zero-order chi connectivity index (χ0) is 11.9. The fourth-order valence-electron chi connectivity index (χ4n) is 0.812. The van der Waals surface area contributed by atoms with Gasteiger partial charge in [0.2, 0.25) is 5.91 Å². The SMILES string of the molecule is O=C(CCCCO)NCC(O)C(F)(F)F. The molecule has 0 bridgehead atoms. The lowest BCUT2D eigenvalue weighted by Crippen LogP contribution is -2.40. The Kier molecular flexibility index (Phi) is 6.26. The van der Waals surface area contributed by atoms with Gasteiger partial charge in [0, 0.05) is 13.0 Å². The molecule has 4 nitrogen and oxygen atoms in total. The maximum Gasteiger partial charge on any atom is 0.416 e. The van der Waals surface area contributed by atoms with Gasteiger partial charge in [0.05, 0.1) is 6.54 Å². The maximum atomic E-state index is 11.8. The molecule has 15 heavy (non-hydrogen) atoms. The summed E-state index contributed by atoms with van der Waals surface area (Å²) < 4.78 is 35.3. The van der Waals surface area contributed by atoms with E-state index in [-0.39, 0.29) is 13.0 Å². The van der Waals surface area contributed by atoms with Crippen molar-refractivity contribution in [3.63, 3.8) is 0 Å². The van der Waals surface area contributed by atoms with Crippen LogP contribution in [0.5, 0.6) is 0 Å². The predicted molar refractivity (Wildman–Crippen MR) is 46.0 cm³/mol. The number of aliphatic hydroxyl groups excluding tert-OH is 2. The molecule has 0 fully saturated rings. The molecule has 0 rings (SSSR count). The molecule has 0 aromatic heterocycles. The lowest BCUT2D eigenvalue weighted by molar-refractivity contribution is -0.201. The van der Waals surface area contributed by atoms with Crippen molar-refractivity contribution >= 4 is 5.91 Å². The maximum absolute atomic E-state index is 11.8. The third-order valence-electron chi connectivity index (χ3n) is 1.68. The Labute approximate surface area is 85.1 Å². The molecule has 0 aliphatic heterocycles. The van der Waals surface area contributed by atoms with Gasteiger partial charge in [0.1, 0.15) is 0 Å². The van der Waals surface area contributed by atoms with Crippen molar-refractivity contribution in [1.82, 2.24) is 5.32 Å². The lowest BCUT2D eigenvalue weighted by atomic mass is 10.2. The van der Waals surface area contributed by atoms with Gasteiger partial charge < -0.3 is 15.5 Å². The number of hydrogen-bond donors (Lipinski definition) is 3. The first-order chi connectivity index (χ1) is 6.88. The van der Waals surface area contributed by atoms with Crippen LogP contribution in [-0.2, 0) is 4.79 Å². The highest BCUT2D eigenvalue weighted by molar-refractivity contribution is 5.75. The smallest absolute Gasteiger partial charge is 0.396 e. The average Bonchev–Trinajstić information content (AvgIpc) is 2.13. The molecule has 0 aliphatic rings. The van der Waals surface area contributed by atoms with Gasteiger partial charge in [0.25, 0.3) is 0 Å². The van der Waals surface area contributed by atoms with Gasteiger partial charge in [-0.25, -0.2) is 0 Å². The molecule has 1 amide bonds. The summed E-state index contributed by atoms with van der Waals surface area (Å²) in [5.74, 6) is -0.563. The Bertz CT molecular complexity index is 196. The summed E-state index contributed by atoms with van der Waals surface area (Å²) in [4.78, 5) is 10.9. The third-order valence-corrected chi connectivity index (χ3v) is 1.68. The molecule has 0 radical (unpaired) electrons. The van der Waals surface area contributed by atoms with Crippen LogP contribution in [0.2, 0.25) is 0 Å². The van der Waals surface area contributed by atoms with Crippen molar-refractivity contribution in [2.24, 2.45) is 0 Å². The number of carbonyl (C=O) groups is 1. The van der Waals surface area contributed by atoms with E-state index in [1.807, 2.05) is 5.32 Å². The van der Waals surface area contributed by atoms with E-state index in [1.165, 1.54) is 0 Å². The summed E-state index contributed by atoms with van der Waals surface area (Å²) in [6, 6.07) is 0. The number of rotatable bonds is 6. The zero-order valence-electron chi connectivity index (χ0n) is 8.05. The van der Waals surface area contributed by atoms with E-state index in [0.717, 1.165) is 0 Å². The van der Waals surface area contributed by atoms with Gasteiger partial charge in [-0.3, -0.25) is 4.79 Å². The Morgan fingerprint density at radius 1 is 1.33 bits per heavy atom. The normalized spacial score (nSPS) is 13.7. The molecular weight excluding hydrogens is 215 g/mol. The molecule has 3 N–H and O–H groups in total. The second-order valence-corrected chi connectivity index (χ2v) is 3.04. The molecule has 0 saturated heterocycles. The van der Waals surface area contributed by atoms with Crippen LogP contribution in [0.25, 0.3) is 0 Å². The number of nitrogens with one attached hydrogen (secondary N) is 1. The number of unbranched alkanes of at least 4 members (excludes halogenated alkanes) is 1. The van der Waals surface area contributed by atoms with E-state index in [1.54, 1.807) is 0 Å². The van der Waals surface area contributed by atoms with Crippen LogP contribution in [0, 0.1) is 0 Å². The van der Waals surface area contributed by atoms with Crippen LogP contribution < -0.4 is 5.32 Å². The quantitative estimate of drug-likeness (QED) is 0.569. The van der Waals surface area contributed by atoms with Gasteiger partial charge in [-0.15, -0.1) is 0 Å². The van der Waals surface area contributed by atoms with E-state index in [0.29, 0.717) is 12.8 Å². The molecule has 90 valence electrons. The predicted octanol–water partition coefficient (Wildman–Crippen LogP) is 0.188. The minimum absolute atomic E-state index is 0.0468. The first kappa shape index (κ1) is 14.2. The summed E-state index contributed by atoms with van der Waals surface area (Å²) in [5.41, 5.74) is 0. The van der Waals surface area contributed by atoms with Crippen molar-refractivity contribution in [2.75, 3.05) is 13.2 Å². The van der Waals surface area contributed by atoms with Crippen molar-refractivity contribution in [2.45, 2.75) is 31.5 Å². The molecule has 0 saturated carbocycles. The Morgan fingerprint density at radius 2 is 1.93 bits per heavy atom. The van der Waals surface area contributed by atoms with E-state index in [4.69, 9.17) is 10.2 Å². The zero-order valence-corrected chi connectivity index (χ0v) is 8.05. The van der Waals surface area contributed by atoms with E-state index in [2.05, 4.69) is 0 Å². The summed E-state index contributed by atoms with van der Waals surface area (Å²) in [5, 5.41) is 18.9. The minimum atomic E-state index is -4.71. The topological polar surface area (TPSA) is 69.6 Å². The molecule has 0 spiro atoms. The monoisotopic (exact) mass is 229 g/mol. The highest BCUT2D eigenvalue weighted by Crippen LogP contribution is 2.19. The molecule has 1 unspecified atom stereocenters. The largest absolute Gasteiger partial charge is 0.416 e. The van der Waals surface area contributed by atoms with Crippen molar-refractivity contribution in [1.29, 1.82) is 0 Å². The van der Waals surface area contributed by atoms with Crippen LogP contribution in [0.3, 0.4) is 0 Å².